The molecule has 1 amide bonds. The van der Waals surface area contributed by atoms with Gasteiger partial charge in [-0.25, -0.2) is 0 Å². The maximum Gasteiger partial charge on any atom is 0.255 e. The molecular formula is C24H17NOS. The van der Waals surface area contributed by atoms with Crippen LogP contribution in [0.2, 0.25) is 0 Å². The van der Waals surface area contributed by atoms with Gasteiger partial charge in [0.05, 0.1) is 0 Å². The van der Waals surface area contributed by atoms with Crippen molar-refractivity contribution in [2.45, 2.75) is 4.87 Å². The Bertz CT molecular complexity index is 1250. The Kier molecular flexibility index (Phi) is 3.04. The Morgan fingerprint density at radius 1 is 0.778 bits per heavy atom. The summed E-state index contributed by atoms with van der Waals surface area (Å²) < 4.78 is 0. The first kappa shape index (κ1) is 15.3. The average Bonchev–Trinajstić information content (AvgIpc) is 3.27. The van der Waals surface area contributed by atoms with Crippen molar-refractivity contribution in [3.63, 3.8) is 0 Å². The van der Waals surface area contributed by atoms with E-state index in [1.165, 1.54) is 27.1 Å². The van der Waals surface area contributed by atoms with Gasteiger partial charge in [-0.05, 0) is 33.7 Å². The van der Waals surface area contributed by atoms with Crippen LogP contribution < -0.4 is 0 Å². The van der Waals surface area contributed by atoms with E-state index in [-0.39, 0.29) is 5.91 Å². The van der Waals surface area contributed by atoms with Gasteiger partial charge in [0.2, 0.25) is 0 Å². The monoisotopic (exact) mass is 367 g/mol. The fraction of sp³-hybridized carbons (Fsp3) is 0.125. The molecule has 0 N–H and O–H groups in total. The summed E-state index contributed by atoms with van der Waals surface area (Å²) in [7, 11) is 0. The average molecular weight is 367 g/mol. The number of benzene rings is 4. The van der Waals surface area contributed by atoms with Crippen LogP contribution >= 0.6 is 11.8 Å². The summed E-state index contributed by atoms with van der Waals surface area (Å²) in [6.07, 6.45) is 0. The molecule has 0 spiro atoms. The Labute approximate surface area is 161 Å². The van der Waals surface area contributed by atoms with Crippen LogP contribution in [0.3, 0.4) is 0 Å². The van der Waals surface area contributed by atoms with Crippen LogP contribution in [0.25, 0.3) is 21.5 Å². The lowest BCUT2D eigenvalue weighted by molar-refractivity contribution is 0.0753. The van der Waals surface area contributed by atoms with Crippen LogP contribution in [0.5, 0.6) is 0 Å². The third kappa shape index (κ3) is 1.85. The summed E-state index contributed by atoms with van der Waals surface area (Å²) in [5.41, 5.74) is 3.22. The number of carbonyl (C=O) groups excluding carboxylic acids is 1. The van der Waals surface area contributed by atoms with Gasteiger partial charge in [0.1, 0.15) is 4.87 Å². The largest absolute Gasteiger partial charge is 0.315 e. The third-order valence-corrected chi connectivity index (χ3v) is 7.37. The molecule has 0 radical (unpaired) electrons. The molecule has 1 unspecified atom stereocenters. The van der Waals surface area contributed by atoms with Crippen LogP contribution in [-0.4, -0.2) is 23.1 Å². The van der Waals surface area contributed by atoms with Crippen LogP contribution in [-0.2, 0) is 4.87 Å². The SMILES string of the molecule is O=C1c2ccccc2C2(c3cc4ccccc4c4ccccc34)SCCN12. The van der Waals surface area contributed by atoms with Crippen molar-refractivity contribution in [1.82, 2.24) is 4.90 Å². The number of carbonyl (C=O) groups is 1. The van der Waals surface area contributed by atoms with Gasteiger partial charge in [-0.15, -0.1) is 11.8 Å². The first-order valence-corrected chi connectivity index (χ1v) is 10.3. The molecule has 0 aromatic heterocycles. The molecule has 0 bridgehead atoms. The van der Waals surface area contributed by atoms with E-state index in [4.69, 9.17) is 0 Å². The van der Waals surface area contributed by atoms with E-state index in [2.05, 4.69) is 71.6 Å². The van der Waals surface area contributed by atoms with Crippen LogP contribution in [0.1, 0.15) is 21.5 Å². The number of fused-ring (bicyclic) bond motifs is 6. The third-order valence-electron chi connectivity index (χ3n) is 5.91. The number of thioether (sulfide) groups is 1. The summed E-state index contributed by atoms with van der Waals surface area (Å²) in [5, 5.41) is 4.98. The molecule has 2 aliphatic heterocycles. The fourth-order valence-electron chi connectivity index (χ4n) is 4.80. The van der Waals surface area contributed by atoms with E-state index in [1.807, 2.05) is 23.9 Å². The van der Waals surface area contributed by atoms with Gasteiger partial charge in [-0.1, -0.05) is 66.7 Å². The van der Waals surface area contributed by atoms with Crippen LogP contribution in [0, 0.1) is 0 Å². The highest BCUT2D eigenvalue weighted by atomic mass is 32.2. The molecule has 2 aliphatic rings. The smallest absolute Gasteiger partial charge is 0.255 e. The molecule has 1 saturated heterocycles. The second kappa shape index (κ2) is 5.37. The van der Waals surface area contributed by atoms with E-state index >= 15 is 0 Å². The van der Waals surface area contributed by atoms with E-state index in [0.717, 1.165) is 23.4 Å². The number of amides is 1. The van der Waals surface area contributed by atoms with Crippen molar-refractivity contribution in [3.05, 3.63) is 95.6 Å². The maximum atomic E-state index is 13.2. The molecule has 1 atom stereocenters. The van der Waals surface area contributed by atoms with Gasteiger partial charge in [-0.3, -0.25) is 4.79 Å². The summed E-state index contributed by atoms with van der Waals surface area (Å²) in [6, 6.07) is 27.6. The normalized spacial score (nSPS) is 21.0. The van der Waals surface area contributed by atoms with Gasteiger partial charge >= 0.3 is 0 Å². The lowest BCUT2D eigenvalue weighted by Crippen LogP contribution is -2.37. The molecule has 4 aromatic carbocycles. The predicted octanol–water partition coefficient (Wildman–Crippen LogP) is 5.40. The van der Waals surface area contributed by atoms with Gasteiger partial charge in [0.15, 0.2) is 0 Å². The topological polar surface area (TPSA) is 20.3 Å². The number of rotatable bonds is 1. The molecule has 2 heterocycles. The zero-order valence-corrected chi connectivity index (χ0v) is 15.5. The molecule has 2 nitrogen and oxygen atoms in total. The highest BCUT2D eigenvalue weighted by Crippen LogP contribution is 2.57. The Hall–Kier alpha value is -2.78. The highest BCUT2D eigenvalue weighted by Gasteiger charge is 2.54. The summed E-state index contributed by atoms with van der Waals surface area (Å²) in [4.78, 5) is 14.8. The first-order valence-electron chi connectivity index (χ1n) is 9.27. The minimum absolute atomic E-state index is 0.160. The summed E-state index contributed by atoms with van der Waals surface area (Å²) in [6.45, 7) is 0.791. The van der Waals surface area contributed by atoms with Crippen molar-refractivity contribution in [1.29, 1.82) is 0 Å². The van der Waals surface area contributed by atoms with E-state index in [1.54, 1.807) is 0 Å². The molecule has 4 aromatic rings. The van der Waals surface area contributed by atoms with Crippen molar-refractivity contribution in [2.75, 3.05) is 12.3 Å². The standard InChI is InChI=1S/C24H17NOS/c26-23-20-11-5-6-12-21(20)24(25(23)13-14-27-24)22-15-16-7-1-2-8-17(16)18-9-3-4-10-19(18)22/h1-12,15H,13-14H2. The second-order valence-corrected chi connectivity index (χ2v) is 8.47. The quantitative estimate of drug-likeness (QED) is 0.420. The summed E-state index contributed by atoms with van der Waals surface area (Å²) in [5.74, 6) is 1.12. The highest BCUT2D eigenvalue weighted by molar-refractivity contribution is 8.00. The Morgan fingerprint density at radius 2 is 1.48 bits per heavy atom. The van der Waals surface area contributed by atoms with E-state index in [0.29, 0.717) is 0 Å². The molecule has 6 rings (SSSR count). The summed E-state index contributed by atoms with van der Waals surface area (Å²) >= 11 is 1.89. The lowest BCUT2D eigenvalue weighted by atomic mass is 9.89. The number of nitrogens with zero attached hydrogens (tertiary/aromatic N) is 1. The van der Waals surface area contributed by atoms with Gasteiger partial charge in [-0.2, -0.15) is 0 Å². The minimum Gasteiger partial charge on any atom is -0.315 e. The van der Waals surface area contributed by atoms with Crippen LogP contribution in [0.4, 0.5) is 0 Å². The lowest BCUT2D eigenvalue weighted by Gasteiger charge is -2.34. The molecule has 1 fully saturated rings. The van der Waals surface area contributed by atoms with Crippen molar-refractivity contribution in [2.24, 2.45) is 0 Å². The number of hydrogen-bond acceptors (Lipinski definition) is 2. The van der Waals surface area contributed by atoms with Crippen molar-refractivity contribution in [3.8, 4) is 0 Å². The van der Waals surface area contributed by atoms with Gasteiger partial charge in [0, 0.05) is 29.0 Å². The predicted molar refractivity (Wildman–Crippen MR) is 112 cm³/mol. The number of hydrogen-bond donors (Lipinski definition) is 0. The minimum atomic E-state index is -0.419. The molecule has 3 heteroatoms. The molecule has 0 aliphatic carbocycles. The Morgan fingerprint density at radius 3 is 2.37 bits per heavy atom. The van der Waals surface area contributed by atoms with Crippen molar-refractivity contribution >= 4 is 39.2 Å². The van der Waals surface area contributed by atoms with Gasteiger partial charge < -0.3 is 4.90 Å². The zero-order valence-electron chi connectivity index (χ0n) is 14.7. The Balaban J connectivity index is 1.78. The fourth-order valence-corrected chi connectivity index (χ4v) is 6.36. The molecule has 27 heavy (non-hydrogen) atoms. The van der Waals surface area contributed by atoms with Crippen LogP contribution in [0.15, 0.2) is 78.9 Å². The maximum absolute atomic E-state index is 13.2. The second-order valence-electron chi connectivity index (χ2n) is 7.19. The van der Waals surface area contributed by atoms with E-state index in [9.17, 15) is 4.79 Å². The zero-order chi connectivity index (χ0) is 18.0. The molecular weight excluding hydrogens is 350 g/mol. The molecule has 130 valence electrons. The first-order chi connectivity index (χ1) is 13.3. The van der Waals surface area contributed by atoms with Crippen molar-refractivity contribution < 1.29 is 4.79 Å². The molecule has 0 saturated carbocycles. The van der Waals surface area contributed by atoms with E-state index < -0.39 is 4.87 Å². The van der Waals surface area contributed by atoms with Gasteiger partial charge in [0.25, 0.3) is 5.91 Å².